The average molecular weight is 285 g/mol. The number of hydrogen-bond donors (Lipinski definition) is 1. The van der Waals surface area contributed by atoms with Gasteiger partial charge in [-0.3, -0.25) is 4.79 Å². The van der Waals surface area contributed by atoms with E-state index in [-0.39, 0.29) is 5.92 Å². The Balaban J connectivity index is 1.57. The molecule has 0 radical (unpaired) electrons. The first-order valence-electron chi connectivity index (χ1n) is 8.04. The van der Waals surface area contributed by atoms with Gasteiger partial charge in [0.15, 0.2) is 0 Å². The quantitative estimate of drug-likeness (QED) is 0.855. The molecule has 0 bridgehead atoms. The number of anilines is 2. The van der Waals surface area contributed by atoms with Gasteiger partial charge in [-0.1, -0.05) is 12.1 Å². The second kappa shape index (κ2) is 4.73. The maximum Gasteiger partial charge on any atom is 0.230 e. The highest BCUT2D eigenvalue weighted by Crippen LogP contribution is 2.59. The second-order valence-electron chi connectivity index (χ2n) is 6.77. The number of piperidine rings is 1. The number of carbonyl (C=O) groups excluding carboxylic acids is 1. The van der Waals surface area contributed by atoms with Gasteiger partial charge in [0.2, 0.25) is 5.91 Å². The summed E-state index contributed by atoms with van der Waals surface area (Å²) in [6.07, 6.45) is 3.43. The predicted octanol–water partition coefficient (Wildman–Crippen LogP) is 1.86. The largest absolute Gasteiger partial charge is 0.371 e. The summed E-state index contributed by atoms with van der Waals surface area (Å²) in [5, 5.41) is 3.41. The lowest BCUT2D eigenvalue weighted by Crippen LogP contribution is -2.44. The Kier molecular flexibility index (Phi) is 2.96. The molecule has 2 aliphatic heterocycles. The molecule has 1 saturated carbocycles. The van der Waals surface area contributed by atoms with Crippen LogP contribution in [0.15, 0.2) is 24.3 Å². The van der Waals surface area contributed by atoms with E-state index in [1.54, 1.807) is 0 Å². The molecule has 1 spiro atoms. The van der Waals surface area contributed by atoms with E-state index in [9.17, 15) is 4.79 Å². The summed E-state index contributed by atoms with van der Waals surface area (Å²) in [4.78, 5) is 17.3. The molecule has 1 atom stereocenters. The Morgan fingerprint density at radius 3 is 2.67 bits per heavy atom. The Hall–Kier alpha value is -1.55. The first-order valence-corrected chi connectivity index (χ1v) is 8.04. The van der Waals surface area contributed by atoms with Crippen LogP contribution in [0, 0.1) is 11.3 Å². The molecule has 4 nitrogen and oxygen atoms in total. The van der Waals surface area contributed by atoms with Crippen LogP contribution in [0.25, 0.3) is 0 Å². The van der Waals surface area contributed by atoms with Gasteiger partial charge in [-0.05, 0) is 49.9 Å². The molecule has 1 saturated heterocycles. The summed E-state index contributed by atoms with van der Waals surface area (Å²) in [7, 11) is 2.10. The van der Waals surface area contributed by atoms with Crippen LogP contribution in [0.3, 0.4) is 0 Å². The lowest BCUT2D eigenvalue weighted by atomic mass is 9.91. The van der Waals surface area contributed by atoms with Crippen molar-refractivity contribution in [1.29, 1.82) is 0 Å². The number of amides is 1. The Morgan fingerprint density at radius 2 is 1.90 bits per heavy atom. The summed E-state index contributed by atoms with van der Waals surface area (Å²) in [5.41, 5.74) is 2.59. The summed E-state index contributed by atoms with van der Waals surface area (Å²) in [6.45, 7) is 3.88. The van der Waals surface area contributed by atoms with Crippen LogP contribution in [-0.4, -0.2) is 39.1 Å². The van der Waals surface area contributed by atoms with E-state index in [2.05, 4.69) is 35.5 Å². The van der Waals surface area contributed by atoms with E-state index in [4.69, 9.17) is 0 Å². The number of hydrogen-bond acceptors (Lipinski definition) is 3. The van der Waals surface area contributed by atoms with E-state index in [1.807, 2.05) is 11.0 Å². The SMILES string of the molecule is CN1CCN(C(=O)C2CC23CCNCC3)c2ccccc21. The fraction of sp³-hybridized carbons (Fsp3) is 0.588. The molecule has 1 amide bonds. The molecule has 1 aliphatic carbocycles. The second-order valence-corrected chi connectivity index (χ2v) is 6.77. The number of likely N-dealkylation sites (N-methyl/N-ethyl adjacent to an activating group) is 1. The minimum atomic E-state index is 0.260. The van der Waals surface area contributed by atoms with Gasteiger partial charge in [-0.25, -0.2) is 0 Å². The zero-order valence-electron chi connectivity index (χ0n) is 12.6. The average Bonchev–Trinajstić information content (AvgIpc) is 3.21. The van der Waals surface area contributed by atoms with Gasteiger partial charge in [0, 0.05) is 26.1 Å². The molecule has 0 aromatic heterocycles. The van der Waals surface area contributed by atoms with E-state index < -0.39 is 0 Å². The van der Waals surface area contributed by atoms with E-state index in [0.29, 0.717) is 11.3 Å². The number of nitrogens with one attached hydrogen (secondary N) is 1. The smallest absolute Gasteiger partial charge is 0.230 e. The van der Waals surface area contributed by atoms with Crippen molar-refractivity contribution in [1.82, 2.24) is 5.32 Å². The first kappa shape index (κ1) is 13.1. The Labute approximate surface area is 126 Å². The van der Waals surface area contributed by atoms with Crippen molar-refractivity contribution in [2.45, 2.75) is 19.3 Å². The van der Waals surface area contributed by atoms with Crippen LogP contribution in [0.1, 0.15) is 19.3 Å². The molecular weight excluding hydrogens is 262 g/mol. The van der Waals surface area contributed by atoms with Gasteiger partial charge in [0.25, 0.3) is 0 Å². The minimum Gasteiger partial charge on any atom is -0.371 e. The standard InChI is InChI=1S/C17H23N3O/c1-19-10-11-20(15-5-3-2-4-14(15)19)16(21)13-12-17(13)6-8-18-9-7-17/h2-5,13,18H,6-12H2,1H3. The highest BCUT2D eigenvalue weighted by molar-refractivity contribution is 6.01. The van der Waals surface area contributed by atoms with Crippen molar-refractivity contribution in [3.63, 3.8) is 0 Å². The van der Waals surface area contributed by atoms with Gasteiger partial charge in [-0.2, -0.15) is 0 Å². The highest BCUT2D eigenvalue weighted by atomic mass is 16.2. The van der Waals surface area contributed by atoms with E-state index in [1.165, 1.54) is 18.5 Å². The van der Waals surface area contributed by atoms with Gasteiger partial charge in [0.05, 0.1) is 11.4 Å². The van der Waals surface area contributed by atoms with Crippen molar-refractivity contribution in [3.05, 3.63) is 24.3 Å². The van der Waals surface area contributed by atoms with Gasteiger partial charge < -0.3 is 15.1 Å². The Morgan fingerprint density at radius 1 is 1.19 bits per heavy atom. The summed E-state index contributed by atoms with van der Waals surface area (Å²) in [5.74, 6) is 0.619. The van der Waals surface area contributed by atoms with Crippen molar-refractivity contribution in [2.75, 3.05) is 43.0 Å². The van der Waals surface area contributed by atoms with Gasteiger partial charge in [0.1, 0.15) is 0 Å². The maximum absolute atomic E-state index is 13.0. The number of nitrogens with zero attached hydrogens (tertiary/aromatic N) is 2. The van der Waals surface area contributed by atoms with Crippen LogP contribution < -0.4 is 15.1 Å². The molecule has 1 aromatic rings. The van der Waals surface area contributed by atoms with E-state index >= 15 is 0 Å². The molecule has 112 valence electrons. The zero-order chi connectivity index (χ0) is 14.4. The monoisotopic (exact) mass is 285 g/mol. The van der Waals surface area contributed by atoms with Crippen molar-refractivity contribution < 1.29 is 4.79 Å². The maximum atomic E-state index is 13.0. The normalized spacial score (nSPS) is 26.6. The predicted molar refractivity (Wildman–Crippen MR) is 84.7 cm³/mol. The number of para-hydroxylation sites is 2. The fourth-order valence-electron chi connectivity index (χ4n) is 4.10. The number of rotatable bonds is 1. The van der Waals surface area contributed by atoms with Crippen molar-refractivity contribution in [3.8, 4) is 0 Å². The third-order valence-corrected chi connectivity index (χ3v) is 5.60. The third-order valence-electron chi connectivity index (χ3n) is 5.60. The summed E-state index contributed by atoms with van der Waals surface area (Å²) < 4.78 is 0. The highest BCUT2D eigenvalue weighted by Gasteiger charge is 2.58. The minimum absolute atomic E-state index is 0.260. The van der Waals surface area contributed by atoms with Crippen LogP contribution >= 0.6 is 0 Å². The van der Waals surface area contributed by atoms with Gasteiger partial charge in [-0.15, -0.1) is 0 Å². The summed E-state index contributed by atoms with van der Waals surface area (Å²) >= 11 is 0. The molecule has 2 heterocycles. The third kappa shape index (κ3) is 2.04. The molecule has 4 heteroatoms. The molecule has 21 heavy (non-hydrogen) atoms. The van der Waals surface area contributed by atoms with Crippen molar-refractivity contribution in [2.24, 2.45) is 11.3 Å². The van der Waals surface area contributed by atoms with Gasteiger partial charge >= 0.3 is 0 Å². The van der Waals surface area contributed by atoms with Crippen LogP contribution in [0.2, 0.25) is 0 Å². The molecule has 2 fully saturated rings. The number of carbonyl (C=O) groups is 1. The summed E-state index contributed by atoms with van der Waals surface area (Å²) in [6, 6.07) is 8.28. The molecule has 1 N–H and O–H groups in total. The molecule has 3 aliphatic rings. The molecular formula is C17H23N3O. The topological polar surface area (TPSA) is 35.6 Å². The fourth-order valence-corrected chi connectivity index (χ4v) is 4.10. The zero-order valence-corrected chi connectivity index (χ0v) is 12.6. The Bertz CT molecular complexity index is 565. The van der Waals surface area contributed by atoms with Crippen molar-refractivity contribution >= 4 is 17.3 Å². The molecule has 1 unspecified atom stereocenters. The van der Waals surface area contributed by atoms with Crippen LogP contribution in [0.4, 0.5) is 11.4 Å². The lowest BCUT2D eigenvalue weighted by Gasteiger charge is -2.36. The molecule has 4 rings (SSSR count). The molecule has 1 aromatic carbocycles. The lowest BCUT2D eigenvalue weighted by molar-refractivity contribution is -0.120. The van der Waals surface area contributed by atoms with Crippen LogP contribution in [-0.2, 0) is 4.79 Å². The number of fused-ring (bicyclic) bond motifs is 1. The van der Waals surface area contributed by atoms with E-state index in [0.717, 1.165) is 38.3 Å². The van der Waals surface area contributed by atoms with Crippen LogP contribution in [0.5, 0.6) is 0 Å². The number of benzene rings is 1. The first-order chi connectivity index (χ1) is 10.2.